The van der Waals surface area contributed by atoms with Crippen molar-refractivity contribution in [2.24, 2.45) is 17.8 Å². The first-order chi connectivity index (χ1) is 8.68. The van der Waals surface area contributed by atoms with Crippen molar-refractivity contribution in [3.05, 3.63) is 0 Å². The highest BCUT2D eigenvalue weighted by Crippen LogP contribution is 2.47. The lowest BCUT2D eigenvalue weighted by molar-refractivity contribution is 0.000931. The number of nitrogens with zero attached hydrogens (tertiary/aromatic N) is 1. The molecule has 2 heteroatoms. The van der Waals surface area contributed by atoms with Crippen LogP contribution >= 0.6 is 0 Å². The molecule has 2 fully saturated rings. The number of hydrogen-bond acceptors (Lipinski definition) is 1. The molecule has 0 amide bonds. The van der Waals surface area contributed by atoms with Crippen LogP contribution in [0.1, 0.15) is 71.1 Å². The van der Waals surface area contributed by atoms with Crippen molar-refractivity contribution in [2.45, 2.75) is 76.8 Å². The number of halogens is 1. The summed E-state index contributed by atoms with van der Waals surface area (Å²) in [6.45, 7) is 2.22. The Labute approximate surface area is 111 Å². The molecule has 0 aromatic rings. The van der Waals surface area contributed by atoms with E-state index in [0.717, 1.165) is 57.3 Å². The molecule has 18 heavy (non-hydrogen) atoms. The van der Waals surface area contributed by atoms with Crippen LogP contribution in [-0.4, -0.2) is 5.67 Å². The van der Waals surface area contributed by atoms with Crippen LogP contribution in [0.2, 0.25) is 0 Å². The van der Waals surface area contributed by atoms with Gasteiger partial charge in [-0.25, -0.2) is 4.39 Å². The van der Waals surface area contributed by atoms with E-state index in [4.69, 9.17) is 5.26 Å². The second-order valence-corrected chi connectivity index (χ2v) is 6.44. The molecule has 0 aromatic carbocycles. The zero-order valence-corrected chi connectivity index (χ0v) is 11.6. The maximum Gasteiger partial charge on any atom is 0.113 e. The van der Waals surface area contributed by atoms with Crippen molar-refractivity contribution in [3.8, 4) is 6.07 Å². The standard InChI is InChI=1S/C16H26FN/c1-2-3-13-8-10-16(17,11-9-13)15-6-4-14(12-18)5-7-15/h13-15H,2-11H2,1H3/t13-,14?,15?,16+. The summed E-state index contributed by atoms with van der Waals surface area (Å²) in [6.07, 6.45) is 9.95. The van der Waals surface area contributed by atoms with Gasteiger partial charge in [-0.2, -0.15) is 5.26 Å². The molecule has 0 atom stereocenters. The summed E-state index contributed by atoms with van der Waals surface area (Å²) in [5, 5.41) is 8.90. The average molecular weight is 251 g/mol. The van der Waals surface area contributed by atoms with Crippen LogP contribution in [0.25, 0.3) is 0 Å². The van der Waals surface area contributed by atoms with E-state index in [0.29, 0.717) is 0 Å². The minimum absolute atomic E-state index is 0.196. The SMILES string of the molecule is CCC[C@H]1CC[C@](F)(C2CCC(C#N)CC2)CC1. The van der Waals surface area contributed by atoms with Gasteiger partial charge in [0.2, 0.25) is 0 Å². The van der Waals surface area contributed by atoms with Gasteiger partial charge in [0.25, 0.3) is 0 Å². The Morgan fingerprint density at radius 1 is 1.11 bits per heavy atom. The molecule has 2 aliphatic rings. The summed E-state index contributed by atoms with van der Waals surface area (Å²) >= 11 is 0. The fourth-order valence-corrected chi connectivity index (χ4v) is 4.00. The Kier molecular flexibility index (Phi) is 4.65. The zero-order chi connectivity index (χ0) is 13.0. The summed E-state index contributed by atoms with van der Waals surface area (Å²) in [7, 11) is 0. The van der Waals surface area contributed by atoms with Crippen molar-refractivity contribution >= 4 is 0 Å². The molecule has 0 spiro atoms. The summed E-state index contributed by atoms with van der Waals surface area (Å²) < 4.78 is 15.0. The van der Waals surface area contributed by atoms with Crippen LogP contribution < -0.4 is 0 Å². The monoisotopic (exact) mass is 251 g/mol. The third kappa shape index (κ3) is 3.05. The highest BCUT2D eigenvalue weighted by molar-refractivity contribution is 4.96. The topological polar surface area (TPSA) is 23.8 Å². The number of alkyl halides is 1. The lowest BCUT2D eigenvalue weighted by atomic mass is 9.67. The van der Waals surface area contributed by atoms with Crippen LogP contribution in [0.5, 0.6) is 0 Å². The quantitative estimate of drug-likeness (QED) is 0.691. The molecule has 0 N–H and O–H groups in total. The lowest BCUT2D eigenvalue weighted by Crippen LogP contribution is -2.39. The Bertz CT molecular complexity index is 291. The number of nitriles is 1. The minimum Gasteiger partial charge on any atom is -0.244 e. The van der Waals surface area contributed by atoms with Gasteiger partial charge in [0.15, 0.2) is 0 Å². The molecule has 1 nitrogen and oxygen atoms in total. The Morgan fingerprint density at radius 3 is 2.22 bits per heavy atom. The van der Waals surface area contributed by atoms with E-state index in [1.807, 2.05) is 0 Å². The van der Waals surface area contributed by atoms with Gasteiger partial charge in [0, 0.05) is 5.92 Å². The Morgan fingerprint density at radius 2 is 1.72 bits per heavy atom. The summed E-state index contributed by atoms with van der Waals surface area (Å²) in [4.78, 5) is 0. The molecule has 102 valence electrons. The first kappa shape index (κ1) is 13.8. The van der Waals surface area contributed by atoms with E-state index >= 15 is 4.39 Å². The molecule has 2 aliphatic carbocycles. The van der Waals surface area contributed by atoms with Gasteiger partial charge in [-0.05, 0) is 63.2 Å². The van der Waals surface area contributed by atoms with E-state index in [-0.39, 0.29) is 11.8 Å². The molecule has 0 heterocycles. The van der Waals surface area contributed by atoms with Gasteiger partial charge in [0.05, 0.1) is 6.07 Å². The molecule has 0 saturated heterocycles. The first-order valence-electron chi connectivity index (χ1n) is 7.76. The molecule has 0 aromatic heterocycles. The van der Waals surface area contributed by atoms with E-state index < -0.39 is 5.67 Å². The van der Waals surface area contributed by atoms with Crippen LogP contribution in [0.4, 0.5) is 4.39 Å². The van der Waals surface area contributed by atoms with Gasteiger partial charge in [-0.1, -0.05) is 19.8 Å². The fourth-order valence-electron chi connectivity index (χ4n) is 4.00. The summed E-state index contributed by atoms with van der Waals surface area (Å²) in [6, 6.07) is 2.34. The highest BCUT2D eigenvalue weighted by Gasteiger charge is 2.43. The van der Waals surface area contributed by atoms with Gasteiger partial charge in [-0.15, -0.1) is 0 Å². The molecule has 0 aliphatic heterocycles. The third-order valence-corrected chi connectivity index (χ3v) is 5.27. The second kappa shape index (κ2) is 6.04. The van der Waals surface area contributed by atoms with Crippen LogP contribution in [0.15, 0.2) is 0 Å². The zero-order valence-electron chi connectivity index (χ0n) is 11.6. The van der Waals surface area contributed by atoms with Crippen molar-refractivity contribution in [1.29, 1.82) is 5.26 Å². The maximum atomic E-state index is 15.0. The molecule has 0 unspecified atom stereocenters. The summed E-state index contributed by atoms with van der Waals surface area (Å²) in [5.74, 6) is 1.21. The fraction of sp³-hybridized carbons (Fsp3) is 0.938. The van der Waals surface area contributed by atoms with Crippen molar-refractivity contribution in [2.75, 3.05) is 0 Å². The normalized spacial score (nSPS) is 41.3. The minimum atomic E-state index is -0.898. The predicted molar refractivity (Wildman–Crippen MR) is 71.8 cm³/mol. The molecule has 0 bridgehead atoms. The Hall–Kier alpha value is -0.580. The van der Waals surface area contributed by atoms with Gasteiger partial charge in [-0.3, -0.25) is 0 Å². The lowest BCUT2D eigenvalue weighted by Gasteiger charge is -2.42. The van der Waals surface area contributed by atoms with Crippen molar-refractivity contribution in [1.82, 2.24) is 0 Å². The van der Waals surface area contributed by atoms with Crippen molar-refractivity contribution < 1.29 is 4.39 Å². The van der Waals surface area contributed by atoms with Crippen LogP contribution in [0.3, 0.4) is 0 Å². The average Bonchev–Trinajstić information content (AvgIpc) is 2.42. The number of hydrogen-bond donors (Lipinski definition) is 0. The second-order valence-electron chi connectivity index (χ2n) is 6.44. The molecular formula is C16H26FN. The predicted octanol–water partition coefficient (Wildman–Crippen LogP) is 5.01. The van der Waals surface area contributed by atoms with Gasteiger partial charge < -0.3 is 0 Å². The molecule has 2 rings (SSSR count). The smallest absolute Gasteiger partial charge is 0.113 e. The van der Waals surface area contributed by atoms with E-state index in [1.54, 1.807) is 0 Å². The summed E-state index contributed by atoms with van der Waals surface area (Å²) in [5.41, 5.74) is -0.898. The Balaban J connectivity index is 1.84. The van der Waals surface area contributed by atoms with Crippen molar-refractivity contribution in [3.63, 3.8) is 0 Å². The van der Waals surface area contributed by atoms with E-state index in [2.05, 4.69) is 13.0 Å². The van der Waals surface area contributed by atoms with E-state index in [1.165, 1.54) is 12.8 Å². The van der Waals surface area contributed by atoms with Crippen LogP contribution in [-0.2, 0) is 0 Å². The number of rotatable bonds is 3. The first-order valence-corrected chi connectivity index (χ1v) is 7.76. The molecular weight excluding hydrogens is 225 g/mol. The largest absolute Gasteiger partial charge is 0.244 e. The molecule has 2 saturated carbocycles. The van der Waals surface area contributed by atoms with Gasteiger partial charge in [0.1, 0.15) is 5.67 Å². The van der Waals surface area contributed by atoms with Gasteiger partial charge >= 0.3 is 0 Å². The van der Waals surface area contributed by atoms with Crippen LogP contribution in [0, 0.1) is 29.1 Å². The third-order valence-electron chi connectivity index (χ3n) is 5.27. The highest BCUT2D eigenvalue weighted by atomic mass is 19.1. The van der Waals surface area contributed by atoms with E-state index in [9.17, 15) is 0 Å². The molecule has 0 radical (unpaired) electrons. The maximum absolute atomic E-state index is 15.0.